The maximum atomic E-state index is 5.70. The van der Waals surface area contributed by atoms with E-state index >= 15 is 0 Å². The van der Waals surface area contributed by atoms with Gasteiger partial charge in [0.2, 0.25) is 0 Å². The number of benzene rings is 1. The fourth-order valence-electron chi connectivity index (χ4n) is 2.06. The number of aromatic nitrogens is 3. The molecule has 2 N–H and O–H groups in total. The normalized spacial score (nSPS) is 11.4. The highest BCUT2D eigenvalue weighted by Gasteiger charge is 2.09. The first-order valence-electron chi connectivity index (χ1n) is 6.76. The topological polar surface area (TPSA) is 66.7 Å². The molecule has 0 amide bonds. The van der Waals surface area contributed by atoms with Crippen molar-refractivity contribution in [2.24, 2.45) is 0 Å². The van der Waals surface area contributed by atoms with E-state index in [1.165, 1.54) is 0 Å². The number of nitrogens with one attached hydrogen (secondary N) is 2. The lowest BCUT2D eigenvalue weighted by Crippen LogP contribution is -1.99. The summed E-state index contributed by atoms with van der Waals surface area (Å²) in [7, 11) is 0. The predicted octanol–water partition coefficient (Wildman–Crippen LogP) is 3.59. The average molecular weight is 270 g/mol. The molecule has 0 atom stereocenters. The third-order valence-electron chi connectivity index (χ3n) is 3.14. The summed E-state index contributed by atoms with van der Waals surface area (Å²) in [5, 5.41) is 3.35. The van der Waals surface area contributed by atoms with Crippen LogP contribution in [0.15, 0.2) is 28.8 Å². The number of oxazole rings is 1. The van der Waals surface area contributed by atoms with Crippen molar-refractivity contribution in [3.63, 3.8) is 0 Å². The number of rotatable bonds is 4. The first-order valence-corrected chi connectivity index (χ1v) is 6.76. The van der Waals surface area contributed by atoms with Crippen molar-refractivity contribution in [2.75, 3.05) is 5.32 Å². The van der Waals surface area contributed by atoms with Crippen LogP contribution in [0.5, 0.6) is 0 Å². The van der Waals surface area contributed by atoms with Gasteiger partial charge in [-0.05, 0) is 25.1 Å². The van der Waals surface area contributed by atoms with E-state index in [4.69, 9.17) is 4.42 Å². The van der Waals surface area contributed by atoms with Crippen molar-refractivity contribution in [1.82, 2.24) is 15.0 Å². The number of H-pyrrole nitrogens is 1. The van der Waals surface area contributed by atoms with Crippen molar-refractivity contribution in [3.05, 3.63) is 41.8 Å². The number of fused-ring (bicyclic) bond motifs is 1. The summed E-state index contributed by atoms with van der Waals surface area (Å²) in [5.74, 6) is 2.00. The van der Waals surface area contributed by atoms with Gasteiger partial charge in [0.15, 0.2) is 11.5 Å². The van der Waals surface area contributed by atoms with Crippen molar-refractivity contribution in [1.29, 1.82) is 0 Å². The standard InChI is InChI=1S/C15H18N4O/c1-9(2)15-19-13-6-11(4-5-14(13)20-15)17-8-12-7-16-10(3)18-12/h4-7,9,17H,8H2,1-3H3,(H,16,18). The van der Waals surface area contributed by atoms with Gasteiger partial charge in [-0.2, -0.15) is 0 Å². The summed E-state index contributed by atoms with van der Waals surface area (Å²) < 4.78 is 5.70. The quantitative estimate of drug-likeness (QED) is 0.760. The molecule has 0 aliphatic rings. The van der Waals surface area contributed by atoms with Gasteiger partial charge in [-0.15, -0.1) is 0 Å². The zero-order valence-corrected chi connectivity index (χ0v) is 11.9. The van der Waals surface area contributed by atoms with Gasteiger partial charge in [0.05, 0.1) is 18.4 Å². The van der Waals surface area contributed by atoms with Crippen LogP contribution in [0.4, 0.5) is 5.69 Å². The summed E-state index contributed by atoms with van der Waals surface area (Å²) in [4.78, 5) is 11.9. The molecule has 1 aromatic carbocycles. The molecule has 0 fully saturated rings. The van der Waals surface area contributed by atoms with Crippen LogP contribution in [0.2, 0.25) is 0 Å². The van der Waals surface area contributed by atoms with Gasteiger partial charge in [0.1, 0.15) is 11.3 Å². The van der Waals surface area contributed by atoms with E-state index in [0.717, 1.165) is 34.2 Å². The molecule has 0 radical (unpaired) electrons. The smallest absolute Gasteiger partial charge is 0.198 e. The molecular weight excluding hydrogens is 252 g/mol. The Hall–Kier alpha value is -2.30. The van der Waals surface area contributed by atoms with Gasteiger partial charge in [0.25, 0.3) is 0 Å². The van der Waals surface area contributed by atoms with Crippen LogP contribution in [0.3, 0.4) is 0 Å². The Labute approximate surface area is 117 Å². The molecule has 104 valence electrons. The Balaban J connectivity index is 1.78. The van der Waals surface area contributed by atoms with E-state index in [9.17, 15) is 0 Å². The van der Waals surface area contributed by atoms with E-state index < -0.39 is 0 Å². The Bertz CT molecular complexity index is 726. The summed E-state index contributed by atoms with van der Waals surface area (Å²) in [6.45, 7) is 6.80. The van der Waals surface area contributed by atoms with E-state index in [0.29, 0.717) is 12.5 Å². The molecule has 2 aromatic heterocycles. The molecule has 0 saturated heterocycles. The second kappa shape index (κ2) is 5.00. The maximum absolute atomic E-state index is 5.70. The van der Waals surface area contributed by atoms with Crippen LogP contribution in [0.25, 0.3) is 11.1 Å². The molecule has 0 spiro atoms. The molecule has 0 bridgehead atoms. The summed E-state index contributed by atoms with van der Waals surface area (Å²) in [6, 6.07) is 5.96. The van der Waals surface area contributed by atoms with E-state index in [-0.39, 0.29) is 0 Å². The average Bonchev–Trinajstić information content (AvgIpc) is 3.01. The third-order valence-corrected chi connectivity index (χ3v) is 3.14. The lowest BCUT2D eigenvalue weighted by atomic mass is 10.2. The highest BCUT2D eigenvalue weighted by molar-refractivity contribution is 5.77. The highest BCUT2D eigenvalue weighted by atomic mass is 16.3. The van der Waals surface area contributed by atoms with E-state index in [1.54, 1.807) is 0 Å². The summed E-state index contributed by atoms with van der Waals surface area (Å²) in [6.07, 6.45) is 1.84. The molecule has 0 unspecified atom stereocenters. The van der Waals surface area contributed by atoms with Crippen LogP contribution < -0.4 is 5.32 Å². The predicted molar refractivity (Wildman–Crippen MR) is 78.7 cm³/mol. The number of aryl methyl sites for hydroxylation is 1. The van der Waals surface area contributed by atoms with Crippen molar-refractivity contribution in [3.8, 4) is 0 Å². The molecule has 3 aromatic rings. The van der Waals surface area contributed by atoms with Crippen LogP contribution in [-0.4, -0.2) is 15.0 Å². The van der Waals surface area contributed by atoms with Crippen LogP contribution in [-0.2, 0) is 6.54 Å². The van der Waals surface area contributed by atoms with Gasteiger partial charge in [-0.1, -0.05) is 13.8 Å². The van der Waals surface area contributed by atoms with Gasteiger partial charge in [-0.25, -0.2) is 9.97 Å². The number of anilines is 1. The second-order valence-electron chi connectivity index (χ2n) is 5.24. The minimum absolute atomic E-state index is 0.298. The van der Waals surface area contributed by atoms with Gasteiger partial charge >= 0.3 is 0 Å². The Kier molecular flexibility index (Phi) is 3.18. The van der Waals surface area contributed by atoms with E-state index in [2.05, 4.69) is 34.1 Å². The third kappa shape index (κ3) is 2.52. The zero-order chi connectivity index (χ0) is 14.1. The zero-order valence-electron chi connectivity index (χ0n) is 11.9. The molecule has 5 nitrogen and oxygen atoms in total. The Morgan fingerprint density at radius 2 is 2.20 bits per heavy atom. The molecular formula is C15H18N4O. The fourth-order valence-corrected chi connectivity index (χ4v) is 2.06. The van der Waals surface area contributed by atoms with Crippen molar-refractivity contribution >= 4 is 16.8 Å². The number of hydrogen-bond donors (Lipinski definition) is 2. The molecule has 2 heterocycles. The van der Waals surface area contributed by atoms with Crippen LogP contribution in [0.1, 0.15) is 37.2 Å². The Morgan fingerprint density at radius 3 is 2.90 bits per heavy atom. The molecule has 5 heteroatoms. The second-order valence-corrected chi connectivity index (χ2v) is 5.24. The lowest BCUT2D eigenvalue weighted by molar-refractivity contribution is 0.501. The highest BCUT2D eigenvalue weighted by Crippen LogP contribution is 2.23. The van der Waals surface area contributed by atoms with Gasteiger partial charge < -0.3 is 14.7 Å². The first kappa shape index (κ1) is 12.7. The minimum Gasteiger partial charge on any atom is -0.440 e. The Morgan fingerprint density at radius 1 is 1.35 bits per heavy atom. The largest absolute Gasteiger partial charge is 0.440 e. The number of aromatic amines is 1. The van der Waals surface area contributed by atoms with E-state index in [1.807, 2.05) is 31.3 Å². The summed E-state index contributed by atoms with van der Waals surface area (Å²) in [5.41, 5.74) is 3.80. The first-order chi connectivity index (χ1) is 9.61. The lowest BCUT2D eigenvalue weighted by Gasteiger charge is -2.03. The molecule has 0 aliphatic heterocycles. The van der Waals surface area contributed by atoms with Crippen LogP contribution in [0, 0.1) is 6.92 Å². The SMILES string of the molecule is Cc1ncc(CNc2ccc3oc(C(C)C)nc3c2)[nH]1. The molecule has 20 heavy (non-hydrogen) atoms. The molecule has 0 aliphatic carbocycles. The van der Waals surface area contributed by atoms with Gasteiger partial charge in [-0.3, -0.25) is 0 Å². The van der Waals surface area contributed by atoms with Crippen LogP contribution >= 0.6 is 0 Å². The molecule has 3 rings (SSSR count). The van der Waals surface area contributed by atoms with Gasteiger partial charge in [0, 0.05) is 11.6 Å². The monoisotopic (exact) mass is 270 g/mol. The number of hydrogen-bond acceptors (Lipinski definition) is 4. The molecule has 0 saturated carbocycles. The minimum atomic E-state index is 0.298. The maximum Gasteiger partial charge on any atom is 0.198 e. The number of imidazole rings is 1. The summed E-state index contributed by atoms with van der Waals surface area (Å²) >= 11 is 0. The van der Waals surface area contributed by atoms with Crippen molar-refractivity contribution < 1.29 is 4.42 Å². The van der Waals surface area contributed by atoms with Crippen molar-refractivity contribution in [2.45, 2.75) is 33.2 Å². The number of nitrogens with zero attached hydrogens (tertiary/aromatic N) is 2. The fraction of sp³-hybridized carbons (Fsp3) is 0.333.